The molecule has 0 saturated carbocycles. The summed E-state index contributed by atoms with van der Waals surface area (Å²) in [6.45, 7) is 6.32. The summed E-state index contributed by atoms with van der Waals surface area (Å²) in [6.07, 6.45) is 3.78. The van der Waals surface area contributed by atoms with Gasteiger partial charge in [-0.15, -0.1) is 0 Å². The topological polar surface area (TPSA) is 137 Å². The fraction of sp³-hybridized carbons (Fsp3) is 0.714. The number of hydrogen-bond acceptors (Lipinski definition) is 6. The SMILES string of the molecule is C=CCOC(=O)N[C@@H](CC(=O)O)NC(=O)[C@@H]1CCCN(C(=O)CCC2CCNCC2)C1. The average molecular weight is 439 g/mol. The van der Waals surface area contributed by atoms with Crippen molar-refractivity contribution in [1.82, 2.24) is 20.9 Å². The van der Waals surface area contributed by atoms with Crippen LogP contribution in [-0.2, 0) is 19.1 Å². The summed E-state index contributed by atoms with van der Waals surface area (Å²) in [6, 6.07) is 0. The fourth-order valence-electron chi connectivity index (χ4n) is 3.99. The lowest BCUT2D eigenvalue weighted by Gasteiger charge is -2.33. The third-order valence-electron chi connectivity index (χ3n) is 5.69. The molecule has 0 spiro atoms. The van der Waals surface area contributed by atoms with Crippen LogP contribution in [0.4, 0.5) is 4.79 Å². The van der Waals surface area contributed by atoms with E-state index >= 15 is 0 Å². The summed E-state index contributed by atoms with van der Waals surface area (Å²) in [5.41, 5.74) is 0. The number of amides is 3. The van der Waals surface area contributed by atoms with Gasteiger partial charge in [0.2, 0.25) is 11.8 Å². The zero-order valence-corrected chi connectivity index (χ0v) is 17.9. The Kier molecular flexibility index (Phi) is 10.3. The van der Waals surface area contributed by atoms with Crippen LogP contribution in [0, 0.1) is 11.8 Å². The van der Waals surface area contributed by atoms with Gasteiger partial charge >= 0.3 is 12.1 Å². The lowest BCUT2D eigenvalue weighted by atomic mass is 9.92. The van der Waals surface area contributed by atoms with E-state index in [0.29, 0.717) is 38.3 Å². The van der Waals surface area contributed by atoms with Crippen LogP contribution in [0.2, 0.25) is 0 Å². The zero-order chi connectivity index (χ0) is 22.6. The van der Waals surface area contributed by atoms with Crippen LogP contribution in [0.5, 0.6) is 0 Å². The van der Waals surface area contributed by atoms with E-state index < -0.39 is 30.6 Å². The third kappa shape index (κ3) is 8.95. The molecule has 10 heteroatoms. The highest BCUT2D eigenvalue weighted by molar-refractivity contribution is 5.82. The second-order valence-corrected chi connectivity index (χ2v) is 8.10. The van der Waals surface area contributed by atoms with Gasteiger partial charge in [-0.25, -0.2) is 4.79 Å². The number of aliphatic carboxylic acids is 1. The molecule has 0 aromatic carbocycles. The Labute approximate surface area is 182 Å². The predicted molar refractivity (Wildman–Crippen MR) is 113 cm³/mol. The summed E-state index contributed by atoms with van der Waals surface area (Å²) < 4.78 is 4.79. The number of hydrogen-bond donors (Lipinski definition) is 4. The van der Waals surface area contributed by atoms with E-state index in [0.717, 1.165) is 32.4 Å². The summed E-state index contributed by atoms with van der Waals surface area (Å²) in [5, 5.41) is 17.3. The van der Waals surface area contributed by atoms with Crippen LogP contribution in [0.25, 0.3) is 0 Å². The number of piperidine rings is 2. The van der Waals surface area contributed by atoms with Gasteiger partial charge in [-0.1, -0.05) is 12.7 Å². The van der Waals surface area contributed by atoms with E-state index in [1.807, 2.05) is 0 Å². The molecule has 0 unspecified atom stereocenters. The molecule has 0 aromatic heterocycles. The number of alkyl carbamates (subject to hydrolysis) is 1. The van der Waals surface area contributed by atoms with Gasteiger partial charge in [0.25, 0.3) is 0 Å². The van der Waals surface area contributed by atoms with E-state index in [2.05, 4.69) is 22.5 Å². The van der Waals surface area contributed by atoms with Gasteiger partial charge in [0.1, 0.15) is 12.8 Å². The molecular weight excluding hydrogens is 404 g/mol. The normalized spacial score (nSPS) is 20.4. The van der Waals surface area contributed by atoms with Crippen LogP contribution in [0.15, 0.2) is 12.7 Å². The maximum atomic E-state index is 12.7. The molecule has 2 atom stereocenters. The maximum absolute atomic E-state index is 12.7. The number of ether oxygens (including phenoxy) is 1. The van der Waals surface area contributed by atoms with E-state index in [4.69, 9.17) is 9.84 Å². The highest BCUT2D eigenvalue weighted by atomic mass is 16.5. The first-order valence-corrected chi connectivity index (χ1v) is 10.9. The standard InChI is InChI=1S/C21H34N4O6/c1-2-12-31-21(30)24-17(13-19(27)28)23-20(29)16-4-3-11-25(14-16)18(26)6-5-15-7-9-22-10-8-15/h2,15-17,22H,1,3-14H2,(H,23,29)(H,24,30)(H,27,28)/t16-,17+/m1/s1. The van der Waals surface area contributed by atoms with Gasteiger partial charge in [0.05, 0.1) is 12.3 Å². The number of carboxylic acids is 1. The van der Waals surface area contributed by atoms with Crippen LogP contribution >= 0.6 is 0 Å². The minimum Gasteiger partial charge on any atom is -0.481 e. The largest absolute Gasteiger partial charge is 0.481 e. The van der Waals surface area contributed by atoms with Crippen molar-refractivity contribution in [3.05, 3.63) is 12.7 Å². The summed E-state index contributed by atoms with van der Waals surface area (Å²) >= 11 is 0. The number of carboxylic acid groups (broad SMARTS) is 1. The molecule has 4 N–H and O–H groups in total. The zero-order valence-electron chi connectivity index (χ0n) is 17.9. The average Bonchev–Trinajstić information content (AvgIpc) is 2.76. The second kappa shape index (κ2) is 12.9. The summed E-state index contributed by atoms with van der Waals surface area (Å²) in [7, 11) is 0. The van der Waals surface area contributed by atoms with Crippen molar-refractivity contribution in [2.45, 2.75) is 51.1 Å². The van der Waals surface area contributed by atoms with Gasteiger partial charge < -0.3 is 30.7 Å². The molecule has 0 radical (unpaired) electrons. The van der Waals surface area contributed by atoms with Crippen LogP contribution in [-0.4, -0.2) is 72.8 Å². The van der Waals surface area contributed by atoms with Gasteiger partial charge in [-0.3, -0.25) is 14.4 Å². The van der Waals surface area contributed by atoms with Gasteiger partial charge in [-0.2, -0.15) is 0 Å². The lowest BCUT2D eigenvalue weighted by molar-refractivity contribution is -0.138. The molecule has 10 nitrogen and oxygen atoms in total. The molecule has 2 aliphatic rings. The number of rotatable bonds is 10. The number of carbonyl (C=O) groups excluding carboxylic acids is 3. The Morgan fingerprint density at radius 1 is 1.19 bits per heavy atom. The Morgan fingerprint density at radius 3 is 2.61 bits per heavy atom. The lowest BCUT2D eigenvalue weighted by Crippen LogP contribution is -2.53. The fourth-order valence-corrected chi connectivity index (χ4v) is 3.99. The number of likely N-dealkylation sites (tertiary alicyclic amines) is 1. The monoisotopic (exact) mass is 438 g/mol. The predicted octanol–water partition coefficient (Wildman–Crippen LogP) is 0.834. The minimum absolute atomic E-state index is 0.0311. The van der Waals surface area contributed by atoms with Crippen LogP contribution in [0.1, 0.15) is 44.9 Å². The molecule has 2 aliphatic heterocycles. The number of carbonyl (C=O) groups is 4. The van der Waals surface area contributed by atoms with E-state index in [9.17, 15) is 19.2 Å². The van der Waals surface area contributed by atoms with Gasteiger partial charge in [-0.05, 0) is 51.1 Å². The van der Waals surface area contributed by atoms with Crippen molar-refractivity contribution in [3.63, 3.8) is 0 Å². The molecule has 2 heterocycles. The molecule has 2 saturated heterocycles. The highest BCUT2D eigenvalue weighted by Crippen LogP contribution is 2.21. The molecule has 2 fully saturated rings. The quantitative estimate of drug-likeness (QED) is 0.293. The maximum Gasteiger partial charge on any atom is 0.409 e. The van der Waals surface area contributed by atoms with E-state index in [1.54, 1.807) is 4.90 Å². The van der Waals surface area contributed by atoms with Crippen molar-refractivity contribution in [3.8, 4) is 0 Å². The Balaban J connectivity index is 1.84. The molecule has 174 valence electrons. The van der Waals surface area contributed by atoms with Crippen LogP contribution < -0.4 is 16.0 Å². The third-order valence-corrected chi connectivity index (χ3v) is 5.69. The first-order chi connectivity index (χ1) is 14.9. The number of nitrogens with one attached hydrogen (secondary N) is 3. The van der Waals surface area contributed by atoms with E-state index in [-0.39, 0.29) is 18.4 Å². The van der Waals surface area contributed by atoms with Crippen molar-refractivity contribution in [2.75, 3.05) is 32.8 Å². The van der Waals surface area contributed by atoms with Crippen molar-refractivity contribution in [2.24, 2.45) is 11.8 Å². The number of nitrogens with zero attached hydrogens (tertiary/aromatic N) is 1. The van der Waals surface area contributed by atoms with Gasteiger partial charge in [0, 0.05) is 19.5 Å². The molecule has 2 rings (SSSR count). The van der Waals surface area contributed by atoms with Crippen LogP contribution in [0.3, 0.4) is 0 Å². The molecule has 0 aromatic rings. The first-order valence-electron chi connectivity index (χ1n) is 10.9. The molecule has 31 heavy (non-hydrogen) atoms. The van der Waals surface area contributed by atoms with Crippen molar-refractivity contribution < 1.29 is 29.0 Å². The Bertz CT molecular complexity index is 650. The van der Waals surface area contributed by atoms with Crippen molar-refractivity contribution in [1.29, 1.82) is 0 Å². The molecule has 0 bridgehead atoms. The first kappa shape index (κ1) is 24.6. The van der Waals surface area contributed by atoms with Crippen molar-refractivity contribution >= 4 is 23.9 Å². The second-order valence-electron chi connectivity index (χ2n) is 8.10. The molecule has 0 aliphatic carbocycles. The minimum atomic E-state index is -1.17. The van der Waals surface area contributed by atoms with E-state index in [1.165, 1.54) is 6.08 Å². The molecule has 3 amide bonds. The Morgan fingerprint density at radius 2 is 1.94 bits per heavy atom. The Hall–Kier alpha value is -2.62. The highest BCUT2D eigenvalue weighted by Gasteiger charge is 2.30. The van der Waals surface area contributed by atoms with Gasteiger partial charge in [0.15, 0.2) is 0 Å². The summed E-state index contributed by atoms with van der Waals surface area (Å²) in [4.78, 5) is 49.9. The smallest absolute Gasteiger partial charge is 0.409 e. The molecular formula is C21H34N4O6. The summed E-state index contributed by atoms with van der Waals surface area (Å²) in [5.74, 6) is -1.38.